The fourth-order valence-corrected chi connectivity index (χ4v) is 0.523. The van der Waals surface area contributed by atoms with E-state index in [2.05, 4.69) is 11.1 Å². The number of hydrogen-bond acceptors (Lipinski definition) is 3. The van der Waals surface area contributed by atoms with Crippen molar-refractivity contribution in [1.82, 2.24) is 0 Å². The summed E-state index contributed by atoms with van der Waals surface area (Å²) in [5.74, 6) is -0.580. The summed E-state index contributed by atoms with van der Waals surface area (Å²) in [6, 6.07) is 0. The molecule has 0 bridgehead atoms. The van der Waals surface area contributed by atoms with E-state index in [0.717, 1.165) is 0 Å². The van der Waals surface area contributed by atoms with Crippen molar-refractivity contribution < 1.29 is 23.7 Å². The number of phosphoric ester groups is 1. The van der Waals surface area contributed by atoms with Gasteiger partial charge in [-0.15, -0.1) is 0 Å². The standard InChI is InChI=1S/C3H5O5P/c1-3(2-4)8-9(5,6)7/h2H,1H2,(H2,5,6,7). The van der Waals surface area contributed by atoms with E-state index in [1.54, 1.807) is 0 Å². The van der Waals surface area contributed by atoms with Gasteiger partial charge >= 0.3 is 7.82 Å². The van der Waals surface area contributed by atoms with Gasteiger partial charge in [0.25, 0.3) is 0 Å². The zero-order chi connectivity index (χ0) is 7.49. The van der Waals surface area contributed by atoms with E-state index < -0.39 is 13.6 Å². The molecule has 0 aliphatic rings. The van der Waals surface area contributed by atoms with Crippen LogP contribution in [0.1, 0.15) is 0 Å². The van der Waals surface area contributed by atoms with E-state index in [-0.39, 0.29) is 6.29 Å². The minimum absolute atomic E-state index is 0.110. The Morgan fingerprint density at radius 2 is 2.11 bits per heavy atom. The topological polar surface area (TPSA) is 83.8 Å². The molecule has 0 aliphatic carbocycles. The van der Waals surface area contributed by atoms with Crippen LogP contribution in [0.5, 0.6) is 0 Å². The van der Waals surface area contributed by atoms with Crippen LogP contribution in [0.25, 0.3) is 0 Å². The second kappa shape index (κ2) is 2.77. The summed E-state index contributed by atoms with van der Waals surface area (Å²) in [5.41, 5.74) is 0. The van der Waals surface area contributed by atoms with Gasteiger partial charge in [0.1, 0.15) is 0 Å². The zero-order valence-corrected chi connectivity index (χ0v) is 5.25. The average molecular weight is 152 g/mol. The number of carbonyl (C=O) groups is 1. The molecule has 0 aromatic carbocycles. The van der Waals surface area contributed by atoms with Crippen LogP contribution in [-0.4, -0.2) is 16.1 Å². The fourth-order valence-electron chi connectivity index (χ4n) is 0.174. The molecule has 0 saturated carbocycles. The Bertz CT molecular complexity index is 167. The third kappa shape index (κ3) is 5.23. The molecule has 0 aromatic rings. The van der Waals surface area contributed by atoms with Crippen LogP contribution >= 0.6 is 7.82 Å². The molecule has 0 radical (unpaired) electrons. The van der Waals surface area contributed by atoms with Crippen LogP contribution in [0.2, 0.25) is 0 Å². The first-order chi connectivity index (χ1) is 3.95. The van der Waals surface area contributed by atoms with Crippen molar-refractivity contribution in [3.63, 3.8) is 0 Å². The smallest absolute Gasteiger partial charge is 0.401 e. The maximum absolute atomic E-state index is 9.85. The molecule has 0 atom stereocenters. The molecule has 0 saturated heterocycles. The lowest BCUT2D eigenvalue weighted by Crippen LogP contribution is -1.88. The van der Waals surface area contributed by atoms with E-state index in [1.165, 1.54) is 0 Å². The molecule has 0 aromatic heterocycles. The summed E-state index contributed by atoms with van der Waals surface area (Å²) in [6.45, 7) is 2.88. The third-order valence-corrected chi connectivity index (χ3v) is 0.840. The molecule has 5 nitrogen and oxygen atoms in total. The lowest BCUT2D eigenvalue weighted by atomic mass is 10.7. The summed E-state index contributed by atoms with van der Waals surface area (Å²) >= 11 is 0. The van der Waals surface area contributed by atoms with Crippen molar-refractivity contribution in [2.24, 2.45) is 0 Å². The first kappa shape index (κ1) is 8.36. The van der Waals surface area contributed by atoms with Crippen molar-refractivity contribution in [3.05, 3.63) is 12.3 Å². The van der Waals surface area contributed by atoms with Crippen molar-refractivity contribution in [2.75, 3.05) is 0 Å². The Kier molecular flexibility index (Phi) is 2.58. The van der Waals surface area contributed by atoms with Gasteiger partial charge in [0.15, 0.2) is 12.0 Å². The largest absolute Gasteiger partial charge is 0.524 e. The molecule has 0 fully saturated rings. The maximum atomic E-state index is 9.85. The summed E-state index contributed by atoms with van der Waals surface area (Å²) in [4.78, 5) is 25.6. The number of rotatable bonds is 3. The predicted octanol–water partition coefficient (Wildman–Crippen LogP) is -0.192. The molecular weight excluding hydrogens is 147 g/mol. The summed E-state index contributed by atoms with van der Waals surface area (Å²) in [7, 11) is -4.57. The number of phosphoric acid groups is 1. The second-order valence-electron chi connectivity index (χ2n) is 1.17. The summed E-state index contributed by atoms with van der Waals surface area (Å²) in [5, 5.41) is 0. The second-order valence-corrected chi connectivity index (χ2v) is 2.33. The van der Waals surface area contributed by atoms with Crippen LogP contribution in [0.15, 0.2) is 12.3 Å². The number of allylic oxidation sites excluding steroid dienone is 1. The molecule has 0 spiro atoms. The first-order valence-corrected chi connectivity index (χ1v) is 3.38. The Morgan fingerprint density at radius 3 is 2.22 bits per heavy atom. The van der Waals surface area contributed by atoms with E-state index >= 15 is 0 Å². The summed E-state index contributed by atoms with van der Waals surface area (Å²) in [6.07, 6.45) is 0.110. The van der Waals surface area contributed by atoms with Gasteiger partial charge in [-0.2, -0.15) is 0 Å². The normalized spacial score (nSPS) is 10.4. The Labute approximate surface area is 51.2 Å². The van der Waals surface area contributed by atoms with Crippen LogP contribution in [0.3, 0.4) is 0 Å². The molecule has 0 unspecified atom stereocenters. The van der Waals surface area contributed by atoms with Crippen molar-refractivity contribution in [1.29, 1.82) is 0 Å². The van der Waals surface area contributed by atoms with Gasteiger partial charge in [-0.1, -0.05) is 6.58 Å². The van der Waals surface area contributed by atoms with E-state index in [9.17, 15) is 9.36 Å². The number of carbonyl (C=O) groups excluding carboxylic acids is 1. The van der Waals surface area contributed by atoms with Gasteiger partial charge in [-0.3, -0.25) is 14.6 Å². The lowest BCUT2D eigenvalue weighted by molar-refractivity contribution is -0.106. The van der Waals surface area contributed by atoms with Crippen LogP contribution < -0.4 is 0 Å². The number of aldehydes is 1. The monoisotopic (exact) mass is 152 g/mol. The minimum atomic E-state index is -4.57. The van der Waals surface area contributed by atoms with Crippen LogP contribution in [0.4, 0.5) is 0 Å². The maximum Gasteiger partial charge on any atom is 0.524 e. The van der Waals surface area contributed by atoms with Gasteiger partial charge in [-0.25, -0.2) is 4.57 Å². The molecule has 52 valence electrons. The van der Waals surface area contributed by atoms with Gasteiger partial charge in [0, 0.05) is 0 Å². The van der Waals surface area contributed by atoms with E-state index in [1.807, 2.05) is 0 Å². The fraction of sp³-hybridized carbons (Fsp3) is 0. The molecule has 0 aliphatic heterocycles. The van der Waals surface area contributed by atoms with E-state index in [0.29, 0.717) is 0 Å². The van der Waals surface area contributed by atoms with Gasteiger partial charge in [0.2, 0.25) is 0 Å². The van der Waals surface area contributed by atoms with Gasteiger partial charge in [0.05, 0.1) is 0 Å². The Hall–Kier alpha value is -0.640. The molecular formula is C3H5O5P. The van der Waals surface area contributed by atoms with Gasteiger partial charge < -0.3 is 4.52 Å². The molecule has 9 heavy (non-hydrogen) atoms. The summed E-state index contributed by atoms with van der Waals surface area (Å²) < 4.78 is 13.5. The molecule has 0 amide bonds. The predicted molar refractivity (Wildman–Crippen MR) is 28.3 cm³/mol. The number of hydrogen-bond donors (Lipinski definition) is 2. The van der Waals surface area contributed by atoms with E-state index in [4.69, 9.17) is 9.79 Å². The van der Waals surface area contributed by atoms with Crippen LogP contribution in [-0.2, 0) is 13.9 Å². The Morgan fingerprint density at radius 1 is 1.67 bits per heavy atom. The highest BCUT2D eigenvalue weighted by molar-refractivity contribution is 7.46. The minimum Gasteiger partial charge on any atom is -0.401 e. The highest BCUT2D eigenvalue weighted by Gasteiger charge is 2.15. The highest BCUT2D eigenvalue weighted by atomic mass is 31.2. The third-order valence-electron chi connectivity index (χ3n) is 0.368. The zero-order valence-electron chi connectivity index (χ0n) is 4.35. The van der Waals surface area contributed by atoms with Crippen molar-refractivity contribution in [3.8, 4) is 0 Å². The molecule has 0 heterocycles. The molecule has 6 heteroatoms. The first-order valence-electron chi connectivity index (χ1n) is 1.85. The molecule has 2 N–H and O–H groups in total. The van der Waals surface area contributed by atoms with Crippen molar-refractivity contribution >= 4 is 14.1 Å². The van der Waals surface area contributed by atoms with Crippen molar-refractivity contribution in [2.45, 2.75) is 0 Å². The lowest BCUT2D eigenvalue weighted by Gasteiger charge is -2.02. The van der Waals surface area contributed by atoms with Gasteiger partial charge in [-0.05, 0) is 0 Å². The Balaban J connectivity index is 3.89. The average Bonchev–Trinajstić information content (AvgIpc) is 1.62. The quantitative estimate of drug-likeness (QED) is 0.253. The highest BCUT2D eigenvalue weighted by Crippen LogP contribution is 2.37. The van der Waals surface area contributed by atoms with Crippen LogP contribution in [0, 0.1) is 0 Å². The SMILES string of the molecule is C=C(C=O)OP(=O)(O)O. The molecule has 0 rings (SSSR count).